The summed E-state index contributed by atoms with van der Waals surface area (Å²) in [7, 11) is 2.73. The van der Waals surface area contributed by atoms with Crippen LogP contribution in [0.15, 0.2) is 65.2 Å². The first kappa shape index (κ1) is 23.4. The van der Waals surface area contributed by atoms with Crippen LogP contribution in [0.5, 0.6) is 0 Å². The second kappa shape index (κ2) is 10.5. The third kappa shape index (κ3) is 4.94. The van der Waals surface area contributed by atoms with E-state index in [1.165, 1.54) is 14.2 Å². The minimum Gasteiger partial charge on any atom is -0.469 e. The van der Waals surface area contributed by atoms with Gasteiger partial charge in [0, 0.05) is 24.7 Å². The standard InChI is InChI=1S/C25H25N3O5S/c1-31-21(29)7-5-15-28-23(22(27-25(28)34)18-6-3-4-14-26-18)20-13-12-19(33-20)16-8-10-17(11-9-16)24(30)32-2/h3-4,6,8-14,22-23H,5,7,15H2,1-2H3,(H,27,34)/t22-,23+/m0/s1. The average Bonchev–Trinajstić information content (AvgIpc) is 3.49. The molecule has 1 aliphatic heterocycles. The summed E-state index contributed by atoms with van der Waals surface area (Å²) in [6.07, 6.45) is 2.63. The van der Waals surface area contributed by atoms with Crippen molar-refractivity contribution in [2.24, 2.45) is 0 Å². The number of esters is 2. The number of benzene rings is 1. The van der Waals surface area contributed by atoms with Gasteiger partial charge in [0.2, 0.25) is 0 Å². The molecule has 1 N–H and O–H groups in total. The summed E-state index contributed by atoms with van der Waals surface area (Å²) in [5.41, 5.74) is 2.14. The Morgan fingerprint density at radius 1 is 1.09 bits per heavy atom. The van der Waals surface area contributed by atoms with Crippen molar-refractivity contribution < 1.29 is 23.5 Å². The van der Waals surface area contributed by atoms with Crippen molar-refractivity contribution in [2.45, 2.75) is 24.9 Å². The first-order valence-electron chi connectivity index (χ1n) is 10.8. The zero-order valence-corrected chi connectivity index (χ0v) is 19.7. The van der Waals surface area contributed by atoms with E-state index in [1.807, 2.05) is 47.4 Å². The van der Waals surface area contributed by atoms with E-state index in [4.69, 9.17) is 26.1 Å². The maximum atomic E-state index is 11.7. The van der Waals surface area contributed by atoms with Gasteiger partial charge in [0.1, 0.15) is 17.6 Å². The molecule has 2 atom stereocenters. The largest absolute Gasteiger partial charge is 0.469 e. The van der Waals surface area contributed by atoms with E-state index in [0.717, 1.165) is 11.3 Å². The fourth-order valence-corrected chi connectivity index (χ4v) is 4.34. The molecule has 34 heavy (non-hydrogen) atoms. The van der Waals surface area contributed by atoms with Crippen molar-refractivity contribution in [2.75, 3.05) is 20.8 Å². The summed E-state index contributed by atoms with van der Waals surface area (Å²) >= 11 is 5.64. The predicted octanol–water partition coefficient (Wildman–Crippen LogP) is 4.05. The first-order valence-corrected chi connectivity index (χ1v) is 11.3. The second-order valence-electron chi connectivity index (χ2n) is 7.77. The normalized spacial score (nSPS) is 17.4. The number of rotatable bonds is 8. The van der Waals surface area contributed by atoms with Crippen LogP contribution in [0, 0.1) is 0 Å². The van der Waals surface area contributed by atoms with Gasteiger partial charge in [-0.25, -0.2) is 4.79 Å². The molecular formula is C25H25N3O5S. The van der Waals surface area contributed by atoms with Gasteiger partial charge in [-0.1, -0.05) is 18.2 Å². The van der Waals surface area contributed by atoms with Crippen molar-refractivity contribution in [1.29, 1.82) is 0 Å². The summed E-state index contributed by atoms with van der Waals surface area (Å²) in [6, 6.07) is 16.1. The van der Waals surface area contributed by atoms with Crippen molar-refractivity contribution in [3.63, 3.8) is 0 Å². The molecule has 1 aromatic carbocycles. The highest BCUT2D eigenvalue weighted by Crippen LogP contribution is 2.40. The summed E-state index contributed by atoms with van der Waals surface area (Å²) in [4.78, 5) is 29.9. The molecule has 0 unspecified atom stereocenters. The molecule has 1 saturated heterocycles. The van der Waals surface area contributed by atoms with Gasteiger partial charge in [-0.05, 0) is 55.0 Å². The Hall–Kier alpha value is -3.72. The molecule has 0 radical (unpaired) electrons. The lowest BCUT2D eigenvalue weighted by molar-refractivity contribution is -0.140. The molecule has 0 spiro atoms. The topological polar surface area (TPSA) is 93.9 Å². The number of pyridine rings is 1. The highest BCUT2D eigenvalue weighted by molar-refractivity contribution is 7.80. The van der Waals surface area contributed by atoms with Crippen LogP contribution in [0.2, 0.25) is 0 Å². The number of aromatic nitrogens is 1. The Balaban J connectivity index is 1.62. The molecular weight excluding hydrogens is 454 g/mol. The Bertz CT molecular complexity index is 1160. The van der Waals surface area contributed by atoms with Gasteiger partial charge >= 0.3 is 11.9 Å². The molecule has 1 fully saturated rings. The van der Waals surface area contributed by atoms with E-state index in [2.05, 4.69) is 10.3 Å². The summed E-state index contributed by atoms with van der Waals surface area (Å²) < 4.78 is 15.8. The number of hydrogen-bond donors (Lipinski definition) is 1. The number of furan rings is 1. The van der Waals surface area contributed by atoms with E-state index in [9.17, 15) is 9.59 Å². The molecule has 3 heterocycles. The zero-order valence-electron chi connectivity index (χ0n) is 18.9. The van der Waals surface area contributed by atoms with Crippen LogP contribution in [-0.4, -0.2) is 47.7 Å². The monoisotopic (exact) mass is 479 g/mol. The number of nitrogens with zero attached hydrogens (tertiary/aromatic N) is 2. The molecule has 9 heteroatoms. The Morgan fingerprint density at radius 3 is 2.56 bits per heavy atom. The van der Waals surface area contributed by atoms with Crippen LogP contribution >= 0.6 is 12.2 Å². The predicted molar refractivity (Wildman–Crippen MR) is 129 cm³/mol. The SMILES string of the molecule is COC(=O)CCCN1C(=S)N[C@@H](c2ccccn2)[C@H]1c1ccc(-c2ccc(C(=O)OC)cc2)o1. The molecule has 2 aromatic heterocycles. The van der Waals surface area contributed by atoms with Crippen molar-refractivity contribution in [3.05, 3.63) is 77.8 Å². The Labute approximate surface area is 202 Å². The fraction of sp³-hybridized carbons (Fsp3) is 0.280. The van der Waals surface area contributed by atoms with E-state index in [-0.39, 0.29) is 18.1 Å². The average molecular weight is 480 g/mol. The molecule has 4 rings (SSSR count). The summed E-state index contributed by atoms with van der Waals surface area (Å²) in [5, 5.41) is 3.94. The number of nitrogens with one attached hydrogen (secondary N) is 1. The zero-order chi connectivity index (χ0) is 24.1. The number of ether oxygens (including phenoxy) is 2. The van der Waals surface area contributed by atoms with E-state index >= 15 is 0 Å². The lowest BCUT2D eigenvalue weighted by Gasteiger charge is -2.25. The second-order valence-corrected chi connectivity index (χ2v) is 8.16. The lowest BCUT2D eigenvalue weighted by Crippen LogP contribution is -2.30. The van der Waals surface area contributed by atoms with Gasteiger partial charge in [-0.15, -0.1) is 0 Å². The molecule has 1 aliphatic rings. The first-order chi connectivity index (χ1) is 16.5. The third-order valence-electron chi connectivity index (χ3n) is 5.71. The van der Waals surface area contributed by atoms with Gasteiger partial charge in [0.05, 0.1) is 31.5 Å². The van der Waals surface area contributed by atoms with Crippen LogP contribution in [0.4, 0.5) is 0 Å². The van der Waals surface area contributed by atoms with E-state index in [1.54, 1.807) is 18.3 Å². The fourth-order valence-electron chi connectivity index (χ4n) is 4.01. The van der Waals surface area contributed by atoms with E-state index < -0.39 is 5.97 Å². The number of carbonyl (C=O) groups excluding carboxylic acids is 2. The molecule has 0 bridgehead atoms. The number of thiocarbonyl (C=S) groups is 1. The van der Waals surface area contributed by atoms with Gasteiger partial charge in [0.25, 0.3) is 0 Å². The Kier molecular flexibility index (Phi) is 7.22. The smallest absolute Gasteiger partial charge is 0.337 e. The molecule has 0 saturated carbocycles. The van der Waals surface area contributed by atoms with Crippen LogP contribution in [-0.2, 0) is 14.3 Å². The van der Waals surface area contributed by atoms with Crippen LogP contribution < -0.4 is 5.32 Å². The van der Waals surface area contributed by atoms with Crippen molar-refractivity contribution in [3.8, 4) is 11.3 Å². The summed E-state index contributed by atoms with van der Waals surface area (Å²) in [5.74, 6) is 0.733. The van der Waals surface area contributed by atoms with Gasteiger partial charge in [-0.3, -0.25) is 9.78 Å². The number of methoxy groups -OCH3 is 2. The highest BCUT2D eigenvalue weighted by atomic mass is 32.1. The van der Waals surface area contributed by atoms with E-state index in [0.29, 0.717) is 41.6 Å². The maximum absolute atomic E-state index is 11.7. The van der Waals surface area contributed by atoms with Gasteiger partial charge in [-0.2, -0.15) is 0 Å². The quantitative estimate of drug-likeness (QED) is 0.379. The molecule has 176 valence electrons. The van der Waals surface area contributed by atoms with Crippen LogP contribution in [0.3, 0.4) is 0 Å². The third-order valence-corrected chi connectivity index (χ3v) is 6.07. The highest BCUT2D eigenvalue weighted by Gasteiger charge is 2.41. The van der Waals surface area contributed by atoms with Gasteiger partial charge in [0.15, 0.2) is 5.11 Å². The molecule has 8 nitrogen and oxygen atoms in total. The maximum Gasteiger partial charge on any atom is 0.337 e. The Morgan fingerprint density at radius 2 is 1.88 bits per heavy atom. The van der Waals surface area contributed by atoms with Crippen LogP contribution in [0.25, 0.3) is 11.3 Å². The number of hydrogen-bond acceptors (Lipinski definition) is 7. The van der Waals surface area contributed by atoms with Gasteiger partial charge < -0.3 is 24.1 Å². The van der Waals surface area contributed by atoms with Crippen LogP contribution in [0.1, 0.15) is 46.7 Å². The molecule has 3 aromatic rings. The minimum absolute atomic E-state index is 0.215. The minimum atomic E-state index is -0.391. The molecule has 0 amide bonds. The lowest BCUT2D eigenvalue weighted by atomic mass is 10.0. The number of carbonyl (C=O) groups is 2. The van der Waals surface area contributed by atoms with Crippen molar-refractivity contribution in [1.82, 2.24) is 15.2 Å². The summed E-state index contributed by atoms with van der Waals surface area (Å²) in [6.45, 7) is 0.554. The molecule has 0 aliphatic carbocycles. The van der Waals surface area contributed by atoms with Crippen molar-refractivity contribution >= 4 is 29.3 Å².